The van der Waals surface area contributed by atoms with Crippen molar-refractivity contribution in [2.75, 3.05) is 0 Å². The number of nitrogens with zero attached hydrogens (tertiary/aromatic N) is 2. The topological polar surface area (TPSA) is 41.6 Å². The number of hydrogen-bond donors (Lipinski definition) is 1. The first-order chi connectivity index (χ1) is 7.38. The Morgan fingerprint density at radius 3 is 2.62 bits per heavy atom. The zero-order valence-corrected chi connectivity index (χ0v) is 10.3. The molecule has 84 valence electrons. The van der Waals surface area contributed by atoms with Crippen LogP contribution in [0.5, 0.6) is 0 Å². The molecule has 0 saturated heterocycles. The van der Waals surface area contributed by atoms with Crippen molar-refractivity contribution in [3.8, 4) is 0 Å². The van der Waals surface area contributed by atoms with Gasteiger partial charge in [0.05, 0.1) is 11.9 Å². The van der Waals surface area contributed by atoms with Gasteiger partial charge in [-0.2, -0.15) is 0 Å². The second-order valence-electron chi connectivity index (χ2n) is 5.20. The van der Waals surface area contributed by atoms with E-state index in [4.69, 9.17) is 0 Å². The third-order valence-corrected chi connectivity index (χ3v) is 2.58. The van der Waals surface area contributed by atoms with E-state index in [1.807, 2.05) is 6.92 Å². The number of aromatic nitrogens is 3. The van der Waals surface area contributed by atoms with Crippen LogP contribution in [0.4, 0.5) is 0 Å². The third-order valence-electron chi connectivity index (χ3n) is 2.58. The van der Waals surface area contributed by atoms with Crippen LogP contribution >= 0.6 is 0 Å². The first-order valence-electron chi connectivity index (χ1n) is 5.40. The molecule has 3 heteroatoms. The van der Waals surface area contributed by atoms with Crippen molar-refractivity contribution >= 4 is 16.7 Å². The van der Waals surface area contributed by atoms with E-state index >= 15 is 0 Å². The Bertz CT molecular complexity index is 544. The fourth-order valence-corrected chi connectivity index (χ4v) is 1.51. The molecule has 0 radical (unpaired) electrons. The molecule has 0 unspecified atom stereocenters. The van der Waals surface area contributed by atoms with Crippen molar-refractivity contribution in [3.63, 3.8) is 0 Å². The summed E-state index contributed by atoms with van der Waals surface area (Å²) in [5.74, 6) is 0. The van der Waals surface area contributed by atoms with Crippen LogP contribution in [0, 0.1) is 0 Å². The Balaban J connectivity index is 2.59. The van der Waals surface area contributed by atoms with Crippen LogP contribution in [0.25, 0.3) is 16.7 Å². The van der Waals surface area contributed by atoms with Gasteiger partial charge in [-0.25, -0.2) is 4.98 Å². The number of fused-ring (bicyclic) bond motifs is 1. The Labute approximate surface area is 95.6 Å². The fraction of sp³-hybridized carbons (Fsp3) is 0.385. The van der Waals surface area contributed by atoms with Gasteiger partial charge in [-0.3, -0.25) is 4.98 Å². The van der Waals surface area contributed by atoms with Gasteiger partial charge in [0.15, 0.2) is 5.65 Å². The normalized spacial score (nSPS) is 12.0. The molecule has 3 nitrogen and oxygen atoms in total. The molecule has 2 aromatic heterocycles. The second-order valence-corrected chi connectivity index (χ2v) is 5.20. The average Bonchev–Trinajstić information content (AvgIpc) is 2.58. The standard InChI is InChI=1S/C13H17N3/c1-8(2)10-7-14-9-6-11(13(3,4)5)16-12(9)15-10/h6-7H,1H2,2-5H3,(H,15,16). The molecule has 0 fully saturated rings. The van der Waals surface area contributed by atoms with Crippen LogP contribution in [0.1, 0.15) is 39.1 Å². The van der Waals surface area contributed by atoms with Crippen molar-refractivity contribution < 1.29 is 0 Å². The zero-order valence-electron chi connectivity index (χ0n) is 10.3. The molecule has 0 aliphatic carbocycles. The van der Waals surface area contributed by atoms with Gasteiger partial charge in [0.25, 0.3) is 0 Å². The van der Waals surface area contributed by atoms with Crippen LogP contribution in [-0.4, -0.2) is 15.0 Å². The number of allylic oxidation sites excluding steroid dienone is 1. The highest BCUT2D eigenvalue weighted by Gasteiger charge is 2.17. The smallest absolute Gasteiger partial charge is 0.156 e. The maximum atomic E-state index is 4.49. The molecular weight excluding hydrogens is 198 g/mol. The second kappa shape index (κ2) is 3.44. The largest absolute Gasteiger partial charge is 0.341 e. The molecule has 16 heavy (non-hydrogen) atoms. The third kappa shape index (κ3) is 1.85. The van der Waals surface area contributed by atoms with Gasteiger partial charge in [0.1, 0.15) is 5.52 Å². The highest BCUT2D eigenvalue weighted by molar-refractivity contribution is 5.74. The SMILES string of the molecule is C=C(C)c1cnc2cc(C(C)(C)C)[nH]c2n1. The van der Waals surface area contributed by atoms with E-state index in [2.05, 4.69) is 48.4 Å². The number of H-pyrrole nitrogens is 1. The molecule has 0 aliphatic rings. The van der Waals surface area contributed by atoms with Crippen molar-refractivity contribution in [2.24, 2.45) is 0 Å². The highest BCUT2D eigenvalue weighted by Crippen LogP contribution is 2.24. The van der Waals surface area contributed by atoms with Crippen LogP contribution in [0.2, 0.25) is 0 Å². The van der Waals surface area contributed by atoms with Gasteiger partial charge >= 0.3 is 0 Å². The highest BCUT2D eigenvalue weighted by atomic mass is 14.9. The lowest BCUT2D eigenvalue weighted by molar-refractivity contribution is 0.574. The van der Waals surface area contributed by atoms with Gasteiger partial charge in [-0.05, 0) is 18.6 Å². The van der Waals surface area contributed by atoms with Crippen molar-refractivity contribution in [3.05, 3.63) is 30.2 Å². The van der Waals surface area contributed by atoms with Gasteiger partial charge < -0.3 is 4.98 Å². The minimum absolute atomic E-state index is 0.0891. The monoisotopic (exact) mass is 215 g/mol. The summed E-state index contributed by atoms with van der Waals surface area (Å²) in [4.78, 5) is 12.2. The number of aromatic amines is 1. The van der Waals surface area contributed by atoms with Gasteiger partial charge in [-0.15, -0.1) is 0 Å². The lowest BCUT2D eigenvalue weighted by Crippen LogP contribution is -2.11. The van der Waals surface area contributed by atoms with Crippen LogP contribution in [0.15, 0.2) is 18.8 Å². The van der Waals surface area contributed by atoms with Gasteiger partial charge in [0, 0.05) is 11.1 Å². The number of nitrogens with one attached hydrogen (secondary N) is 1. The summed E-state index contributed by atoms with van der Waals surface area (Å²) >= 11 is 0. The molecule has 0 aliphatic heterocycles. The number of hydrogen-bond acceptors (Lipinski definition) is 2. The van der Waals surface area contributed by atoms with Gasteiger partial charge in [-0.1, -0.05) is 27.4 Å². The van der Waals surface area contributed by atoms with Crippen molar-refractivity contribution in [2.45, 2.75) is 33.1 Å². The predicted octanol–water partition coefficient (Wildman–Crippen LogP) is 3.29. The van der Waals surface area contributed by atoms with Crippen molar-refractivity contribution in [1.29, 1.82) is 0 Å². The molecule has 2 aromatic rings. The van der Waals surface area contributed by atoms with E-state index < -0.39 is 0 Å². The van der Waals surface area contributed by atoms with Crippen molar-refractivity contribution in [1.82, 2.24) is 15.0 Å². The van der Waals surface area contributed by atoms with E-state index in [0.717, 1.165) is 28.1 Å². The lowest BCUT2D eigenvalue weighted by atomic mass is 9.93. The summed E-state index contributed by atoms with van der Waals surface area (Å²) in [6.45, 7) is 12.3. The van der Waals surface area contributed by atoms with Gasteiger partial charge in [0.2, 0.25) is 0 Å². The molecule has 0 spiro atoms. The Morgan fingerprint density at radius 2 is 2.06 bits per heavy atom. The minimum atomic E-state index is 0.0891. The molecule has 1 N–H and O–H groups in total. The summed E-state index contributed by atoms with van der Waals surface area (Å²) in [5.41, 5.74) is 4.77. The Morgan fingerprint density at radius 1 is 1.38 bits per heavy atom. The fourth-order valence-electron chi connectivity index (χ4n) is 1.51. The predicted molar refractivity (Wildman–Crippen MR) is 67.3 cm³/mol. The Hall–Kier alpha value is -1.64. The molecular formula is C13H17N3. The Kier molecular flexibility index (Phi) is 2.34. The van der Waals surface area contributed by atoms with E-state index in [0.29, 0.717) is 0 Å². The molecule has 0 bridgehead atoms. The summed E-state index contributed by atoms with van der Waals surface area (Å²) < 4.78 is 0. The molecule has 0 amide bonds. The van der Waals surface area contributed by atoms with E-state index in [9.17, 15) is 0 Å². The quantitative estimate of drug-likeness (QED) is 0.793. The average molecular weight is 215 g/mol. The summed E-state index contributed by atoms with van der Waals surface area (Å²) in [6.07, 6.45) is 1.77. The first kappa shape index (κ1) is 10.9. The maximum absolute atomic E-state index is 4.49. The van der Waals surface area contributed by atoms with Crippen LogP contribution in [-0.2, 0) is 5.41 Å². The molecule has 0 atom stereocenters. The first-order valence-corrected chi connectivity index (χ1v) is 5.40. The molecule has 0 saturated carbocycles. The minimum Gasteiger partial charge on any atom is -0.341 e. The summed E-state index contributed by atoms with van der Waals surface area (Å²) in [7, 11) is 0. The molecule has 2 heterocycles. The lowest BCUT2D eigenvalue weighted by Gasteiger charge is -2.15. The molecule has 0 aromatic carbocycles. The number of rotatable bonds is 1. The summed E-state index contributed by atoms with van der Waals surface area (Å²) in [5, 5.41) is 0. The van der Waals surface area contributed by atoms with Crippen LogP contribution in [0.3, 0.4) is 0 Å². The molecule has 2 rings (SSSR count). The summed E-state index contributed by atoms with van der Waals surface area (Å²) in [6, 6.07) is 2.06. The van der Waals surface area contributed by atoms with E-state index in [-0.39, 0.29) is 5.41 Å². The maximum Gasteiger partial charge on any atom is 0.156 e. The van der Waals surface area contributed by atoms with E-state index in [1.165, 1.54) is 0 Å². The zero-order chi connectivity index (χ0) is 11.9. The van der Waals surface area contributed by atoms with Crippen LogP contribution < -0.4 is 0 Å². The van der Waals surface area contributed by atoms with E-state index in [1.54, 1.807) is 6.20 Å².